The number of anilines is 1. The summed E-state index contributed by atoms with van der Waals surface area (Å²) in [5.74, 6) is 2.92. The summed E-state index contributed by atoms with van der Waals surface area (Å²) in [6.45, 7) is 4.63. The van der Waals surface area contributed by atoms with E-state index in [9.17, 15) is 0 Å². The second kappa shape index (κ2) is 9.08. The molecule has 6 nitrogen and oxygen atoms in total. The molecule has 0 aliphatic carbocycles. The van der Waals surface area contributed by atoms with Crippen LogP contribution in [-0.2, 0) is 6.42 Å². The van der Waals surface area contributed by atoms with Gasteiger partial charge in [-0.2, -0.15) is 0 Å². The van der Waals surface area contributed by atoms with Crippen LogP contribution in [0.1, 0.15) is 5.56 Å². The standard InChI is InChI=1S/C20H27N5O/c1-21-20(23-11-9-17-6-5-7-18(16-17)26-2)25-14-12-24(13-15-25)19-8-3-4-10-22-19/h3-8,10,16H,9,11-15H2,1-2H3,(H,21,23). The van der Waals surface area contributed by atoms with E-state index in [1.165, 1.54) is 5.56 Å². The average Bonchev–Trinajstić information content (AvgIpc) is 2.72. The lowest BCUT2D eigenvalue weighted by molar-refractivity contribution is 0.372. The first kappa shape index (κ1) is 18.0. The largest absolute Gasteiger partial charge is 0.497 e. The smallest absolute Gasteiger partial charge is 0.193 e. The van der Waals surface area contributed by atoms with Gasteiger partial charge in [-0.3, -0.25) is 4.99 Å². The summed E-state index contributed by atoms with van der Waals surface area (Å²) >= 11 is 0. The molecule has 0 spiro atoms. The second-order valence-electron chi connectivity index (χ2n) is 6.24. The minimum Gasteiger partial charge on any atom is -0.497 e. The lowest BCUT2D eigenvalue weighted by atomic mass is 10.1. The lowest BCUT2D eigenvalue weighted by Gasteiger charge is -2.37. The number of nitrogens with zero attached hydrogens (tertiary/aromatic N) is 4. The van der Waals surface area contributed by atoms with Gasteiger partial charge < -0.3 is 19.9 Å². The highest BCUT2D eigenvalue weighted by atomic mass is 16.5. The quantitative estimate of drug-likeness (QED) is 0.658. The summed E-state index contributed by atoms with van der Waals surface area (Å²) in [5, 5.41) is 3.48. The van der Waals surface area contributed by atoms with E-state index in [1.807, 2.05) is 37.5 Å². The summed E-state index contributed by atoms with van der Waals surface area (Å²) in [4.78, 5) is 13.5. The third-order valence-electron chi connectivity index (χ3n) is 4.60. The molecule has 26 heavy (non-hydrogen) atoms. The molecule has 1 aromatic heterocycles. The topological polar surface area (TPSA) is 53.0 Å². The van der Waals surface area contributed by atoms with Crippen LogP contribution in [0.4, 0.5) is 5.82 Å². The Bertz CT molecular complexity index is 711. The van der Waals surface area contributed by atoms with Gasteiger partial charge in [0.25, 0.3) is 0 Å². The Morgan fingerprint density at radius 3 is 2.69 bits per heavy atom. The number of piperazine rings is 1. The van der Waals surface area contributed by atoms with Crippen LogP contribution in [0, 0.1) is 0 Å². The van der Waals surface area contributed by atoms with E-state index < -0.39 is 0 Å². The van der Waals surface area contributed by atoms with Crippen LogP contribution in [0.15, 0.2) is 53.7 Å². The van der Waals surface area contributed by atoms with Gasteiger partial charge in [0.05, 0.1) is 7.11 Å². The Kier molecular flexibility index (Phi) is 6.30. The molecule has 0 saturated carbocycles. The molecule has 1 aliphatic rings. The minimum absolute atomic E-state index is 0.848. The number of guanidine groups is 1. The predicted molar refractivity (Wildman–Crippen MR) is 106 cm³/mol. The maximum absolute atomic E-state index is 5.28. The number of aromatic nitrogens is 1. The van der Waals surface area contributed by atoms with Gasteiger partial charge in [-0.15, -0.1) is 0 Å². The molecular weight excluding hydrogens is 326 g/mol. The van der Waals surface area contributed by atoms with Gasteiger partial charge in [-0.25, -0.2) is 4.98 Å². The zero-order valence-corrected chi connectivity index (χ0v) is 15.6. The molecule has 6 heteroatoms. The molecule has 1 saturated heterocycles. The Morgan fingerprint density at radius 2 is 2.00 bits per heavy atom. The zero-order chi connectivity index (χ0) is 18.2. The van der Waals surface area contributed by atoms with Crippen molar-refractivity contribution in [2.75, 3.05) is 51.8 Å². The highest BCUT2D eigenvalue weighted by Crippen LogP contribution is 2.14. The average molecular weight is 353 g/mol. The molecule has 0 bridgehead atoms. The number of ether oxygens (including phenoxy) is 1. The molecule has 1 fully saturated rings. The van der Waals surface area contributed by atoms with Crippen LogP contribution in [0.25, 0.3) is 0 Å². The number of hydrogen-bond acceptors (Lipinski definition) is 4. The van der Waals surface area contributed by atoms with Crippen molar-refractivity contribution in [3.63, 3.8) is 0 Å². The molecule has 0 atom stereocenters. The number of methoxy groups -OCH3 is 1. The Hall–Kier alpha value is -2.76. The summed E-state index contributed by atoms with van der Waals surface area (Å²) in [6.07, 6.45) is 2.78. The van der Waals surface area contributed by atoms with Gasteiger partial charge in [0, 0.05) is 46.0 Å². The molecule has 2 heterocycles. The lowest BCUT2D eigenvalue weighted by Crippen LogP contribution is -2.53. The highest BCUT2D eigenvalue weighted by molar-refractivity contribution is 5.80. The van der Waals surface area contributed by atoms with Crippen LogP contribution in [0.5, 0.6) is 5.75 Å². The number of benzene rings is 1. The molecule has 0 amide bonds. The van der Waals surface area contributed by atoms with Crippen molar-refractivity contribution in [1.29, 1.82) is 0 Å². The maximum atomic E-state index is 5.28. The van der Waals surface area contributed by atoms with Gasteiger partial charge >= 0.3 is 0 Å². The van der Waals surface area contributed by atoms with Crippen molar-refractivity contribution in [3.8, 4) is 5.75 Å². The number of aliphatic imine (C=N–C) groups is 1. The monoisotopic (exact) mass is 353 g/mol. The molecule has 1 aliphatic heterocycles. The second-order valence-corrected chi connectivity index (χ2v) is 6.24. The number of rotatable bonds is 5. The van der Waals surface area contributed by atoms with Crippen molar-refractivity contribution in [3.05, 3.63) is 54.2 Å². The SMILES string of the molecule is CN=C(NCCc1cccc(OC)c1)N1CCN(c2ccccn2)CC1. The fourth-order valence-electron chi connectivity index (χ4n) is 3.17. The predicted octanol–water partition coefficient (Wildman–Crippen LogP) is 2.03. The summed E-state index contributed by atoms with van der Waals surface area (Å²) in [6, 6.07) is 14.3. The van der Waals surface area contributed by atoms with Crippen molar-refractivity contribution in [2.45, 2.75) is 6.42 Å². The third kappa shape index (κ3) is 4.65. The summed E-state index contributed by atoms with van der Waals surface area (Å²) in [7, 11) is 3.54. The molecule has 0 unspecified atom stereocenters. The Balaban J connectivity index is 1.47. The van der Waals surface area contributed by atoms with E-state index in [4.69, 9.17) is 4.74 Å². The van der Waals surface area contributed by atoms with Crippen molar-refractivity contribution >= 4 is 11.8 Å². The van der Waals surface area contributed by atoms with Crippen LogP contribution in [0.3, 0.4) is 0 Å². The summed E-state index contributed by atoms with van der Waals surface area (Å²) in [5.41, 5.74) is 1.26. The van der Waals surface area contributed by atoms with E-state index in [0.717, 1.165) is 56.7 Å². The van der Waals surface area contributed by atoms with E-state index in [2.05, 4.69) is 43.3 Å². The first-order chi connectivity index (χ1) is 12.8. The highest BCUT2D eigenvalue weighted by Gasteiger charge is 2.20. The number of hydrogen-bond donors (Lipinski definition) is 1. The van der Waals surface area contributed by atoms with E-state index in [0.29, 0.717) is 0 Å². The molecule has 1 aromatic carbocycles. The van der Waals surface area contributed by atoms with Gasteiger partial charge in [-0.05, 0) is 36.2 Å². The van der Waals surface area contributed by atoms with Crippen molar-refractivity contribution in [2.24, 2.45) is 4.99 Å². The number of pyridine rings is 1. The first-order valence-electron chi connectivity index (χ1n) is 9.04. The molecule has 138 valence electrons. The Morgan fingerprint density at radius 1 is 1.15 bits per heavy atom. The van der Waals surface area contributed by atoms with E-state index in [-0.39, 0.29) is 0 Å². The van der Waals surface area contributed by atoms with Gasteiger partial charge in [0.15, 0.2) is 5.96 Å². The molecule has 0 radical (unpaired) electrons. The van der Waals surface area contributed by atoms with Gasteiger partial charge in [0.1, 0.15) is 11.6 Å². The first-order valence-corrected chi connectivity index (χ1v) is 9.04. The van der Waals surface area contributed by atoms with Crippen LogP contribution in [0.2, 0.25) is 0 Å². The maximum Gasteiger partial charge on any atom is 0.193 e. The number of nitrogens with one attached hydrogen (secondary N) is 1. The van der Waals surface area contributed by atoms with Gasteiger partial charge in [-0.1, -0.05) is 18.2 Å². The summed E-state index contributed by atoms with van der Waals surface area (Å²) < 4.78 is 5.28. The molecular formula is C20H27N5O. The molecule has 2 aromatic rings. The minimum atomic E-state index is 0.848. The molecule has 3 rings (SSSR count). The van der Waals surface area contributed by atoms with Crippen LogP contribution < -0.4 is 15.0 Å². The van der Waals surface area contributed by atoms with Gasteiger partial charge in [0.2, 0.25) is 0 Å². The molecule has 1 N–H and O–H groups in total. The normalized spacial score (nSPS) is 15.1. The van der Waals surface area contributed by atoms with Crippen molar-refractivity contribution in [1.82, 2.24) is 15.2 Å². The fraction of sp³-hybridized carbons (Fsp3) is 0.400. The van der Waals surface area contributed by atoms with Crippen LogP contribution >= 0.6 is 0 Å². The Labute approximate surface area is 155 Å². The third-order valence-corrected chi connectivity index (χ3v) is 4.60. The van der Waals surface area contributed by atoms with E-state index >= 15 is 0 Å². The van der Waals surface area contributed by atoms with Crippen LogP contribution in [-0.4, -0.2) is 62.7 Å². The van der Waals surface area contributed by atoms with Crippen molar-refractivity contribution < 1.29 is 4.74 Å². The van der Waals surface area contributed by atoms with E-state index in [1.54, 1.807) is 7.11 Å². The zero-order valence-electron chi connectivity index (χ0n) is 15.6. The fourth-order valence-corrected chi connectivity index (χ4v) is 3.17.